The molecule has 16 heavy (non-hydrogen) atoms. The van der Waals surface area contributed by atoms with Gasteiger partial charge < -0.3 is 5.32 Å². The van der Waals surface area contributed by atoms with Gasteiger partial charge in [0.1, 0.15) is 16.7 Å². The fourth-order valence-corrected chi connectivity index (χ4v) is 1.65. The highest BCUT2D eigenvalue weighted by Crippen LogP contribution is 2.16. The highest BCUT2D eigenvalue weighted by molar-refractivity contribution is 9.10. The van der Waals surface area contributed by atoms with E-state index in [0.29, 0.717) is 0 Å². The molecule has 5 heteroatoms. The minimum atomic E-state index is 0.114. The second kappa shape index (κ2) is 5.03. The van der Waals surface area contributed by atoms with Crippen LogP contribution in [0.15, 0.2) is 41.4 Å². The summed E-state index contributed by atoms with van der Waals surface area (Å²) >= 11 is 3.30. The minimum Gasteiger partial charge on any atom is -0.362 e. The lowest BCUT2D eigenvalue weighted by Crippen LogP contribution is -2.09. The molecule has 0 aliphatic carbocycles. The van der Waals surface area contributed by atoms with Crippen LogP contribution in [0.25, 0.3) is 0 Å². The molecular formula is C11H11BrN4. The standard InChI is InChI=1S/C11H11BrN4/c1-8(9-4-2-3-5-13-9)16-11-6-10(12)14-7-15-11/h2-8H,1H3,(H,14,15,16). The SMILES string of the molecule is CC(Nc1cc(Br)ncn1)c1ccccn1. The highest BCUT2D eigenvalue weighted by atomic mass is 79.9. The van der Waals surface area contributed by atoms with Gasteiger partial charge in [0.05, 0.1) is 11.7 Å². The molecular weight excluding hydrogens is 268 g/mol. The van der Waals surface area contributed by atoms with Crippen LogP contribution in [-0.4, -0.2) is 15.0 Å². The molecule has 1 N–H and O–H groups in total. The maximum absolute atomic E-state index is 4.28. The lowest BCUT2D eigenvalue weighted by molar-refractivity contribution is 0.829. The average molecular weight is 279 g/mol. The van der Waals surface area contributed by atoms with Crippen LogP contribution in [0.3, 0.4) is 0 Å². The minimum absolute atomic E-state index is 0.114. The first-order valence-electron chi connectivity index (χ1n) is 4.91. The van der Waals surface area contributed by atoms with Gasteiger partial charge in [0, 0.05) is 12.3 Å². The van der Waals surface area contributed by atoms with Crippen LogP contribution in [0.2, 0.25) is 0 Å². The number of pyridine rings is 1. The number of hydrogen-bond donors (Lipinski definition) is 1. The van der Waals surface area contributed by atoms with Crippen molar-refractivity contribution in [2.45, 2.75) is 13.0 Å². The molecule has 0 aliphatic rings. The summed E-state index contributed by atoms with van der Waals surface area (Å²) in [5.41, 5.74) is 0.984. The molecule has 0 fully saturated rings. The van der Waals surface area contributed by atoms with E-state index in [1.165, 1.54) is 6.33 Å². The number of nitrogens with one attached hydrogen (secondary N) is 1. The summed E-state index contributed by atoms with van der Waals surface area (Å²) in [5, 5.41) is 3.26. The van der Waals surface area contributed by atoms with Crippen molar-refractivity contribution in [2.75, 3.05) is 5.32 Å². The van der Waals surface area contributed by atoms with E-state index in [0.717, 1.165) is 16.1 Å². The molecule has 1 unspecified atom stereocenters. The Morgan fingerprint density at radius 1 is 1.25 bits per heavy atom. The zero-order valence-corrected chi connectivity index (χ0v) is 10.3. The number of hydrogen-bond acceptors (Lipinski definition) is 4. The molecule has 0 radical (unpaired) electrons. The lowest BCUT2D eigenvalue weighted by Gasteiger charge is -2.13. The highest BCUT2D eigenvalue weighted by Gasteiger charge is 2.06. The molecule has 0 saturated heterocycles. The quantitative estimate of drug-likeness (QED) is 0.878. The largest absolute Gasteiger partial charge is 0.362 e. The molecule has 0 amide bonds. The second-order valence-electron chi connectivity index (χ2n) is 3.35. The van der Waals surface area contributed by atoms with Gasteiger partial charge in [-0.15, -0.1) is 0 Å². The van der Waals surface area contributed by atoms with Gasteiger partial charge in [-0.2, -0.15) is 0 Å². The third-order valence-corrected chi connectivity index (χ3v) is 2.56. The van der Waals surface area contributed by atoms with Crippen molar-refractivity contribution in [3.05, 3.63) is 47.1 Å². The molecule has 0 saturated carbocycles. The topological polar surface area (TPSA) is 50.7 Å². The smallest absolute Gasteiger partial charge is 0.131 e. The van der Waals surface area contributed by atoms with Gasteiger partial charge >= 0.3 is 0 Å². The van der Waals surface area contributed by atoms with Crippen molar-refractivity contribution >= 4 is 21.7 Å². The zero-order valence-electron chi connectivity index (χ0n) is 8.76. The van der Waals surface area contributed by atoms with Gasteiger partial charge in [0.25, 0.3) is 0 Å². The molecule has 0 spiro atoms. The predicted octanol–water partition coefficient (Wildman–Crippen LogP) is 2.81. The van der Waals surface area contributed by atoms with Crippen molar-refractivity contribution < 1.29 is 0 Å². The Bertz CT molecular complexity index is 461. The maximum atomic E-state index is 4.28. The Labute approximate surface area is 102 Å². The van der Waals surface area contributed by atoms with Gasteiger partial charge in [-0.25, -0.2) is 9.97 Å². The third kappa shape index (κ3) is 2.76. The first-order valence-corrected chi connectivity index (χ1v) is 5.70. The summed E-state index contributed by atoms with van der Waals surface area (Å²) in [6, 6.07) is 7.80. The van der Waals surface area contributed by atoms with E-state index in [1.807, 2.05) is 31.2 Å². The fourth-order valence-electron chi connectivity index (χ4n) is 1.34. The molecule has 0 aliphatic heterocycles. The predicted molar refractivity (Wildman–Crippen MR) is 66.0 cm³/mol. The van der Waals surface area contributed by atoms with Crippen LogP contribution in [0.5, 0.6) is 0 Å². The fraction of sp³-hybridized carbons (Fsp3) is 0.182. The first kappa shape index (κ1) is 11.0. The molecule has 0 bridgehead atoms. The van der Waals surface area contributed by atoms with Crippen molar-refractivity contribution in [2.24, 2.45) is 0 Å². The number of anilines is 1. The molecule has 2 rings (SSSR count). The molecule has 2 aromatic rings. The molecule has 82 valence electrons. The monoisotopic (exact) mass is 278 g/mol. The van der Waals surface area contributed by atoms with Gasteiger partial charge in [0.15, 0.2) is 0 Å². The van der Waals surface area contributed by atoms with E-state index in [1.54, 1.807) is 6.20 Å². The van der Waals surface area contributed by atoms with Crippen molar-refractivity contribution in [1.29, 1.82) is 0 Å². The van der Waals surface area contributed by atoms with E-state index in [2.05, 4.69) is 36.2 Å². The van der Waals surface area contributed by atoms with Gasteiger partial charge in [-0.05, 0) is 35.0 Å². The van der Waals surface area contributed by atoms with E-state index in [4.69, 9.17) is 0 Å². The van der Waals surface area contributed by atoms with Crippen LogP contribution in [0, 0.1) is 0 Å². The van der Waals surface area contributed by atoms with Gasteiger partial charge in [0.2, 0.25) is 0 Å². The van der Waals surface area contributed by atoms with E-state index < -0.39 is 0 Å². The molecule has 0 aromatic carbocycles. The number of aromatic nitrogens is 3. The summed E-state index contributed by atoms with van der Waals surface area (Å²) in [6.07, 6.45) is 3.29. The Hall–Kier alpha value is -1.49. The van der Waals surface area contributed by atoms with Crippen molar-refractivity contribution in [3.63, 3.8) is 0 Å². The van der Waals surface area contributed by atoms with E-state index >= 15 is 0 Å². The Balaban J connectivity index is 2.11. The van der Waals surface area contributed by atoms with Gasteiger partial charge in [-0.3, -0.25) is 4.98 Å². The van der Waals surface area contributed by atoms with Crippen LogP contribution in [0.4, 0.5) is 5.82 Å². The summed E-state index contributed by atoms with van der Waals surface area (Å²) in [5.74, 6) is 0.778. The van der Waals surface area contributed by atoms with Crippen LogP contribution >= 0.6 is 15.9 Å². The molecule has 2 aromatic heterocycles. The third-order valence-electron chi connectivity index (χ3n) is 2.13. The lowest BCUT2D eigenvalue weighted by atomic mass is 10.2. The summed E-state index contributed by atoms with van der Waals surface area (Å²) in [7, 11) is 0. The normalized spacial score (nSPS) is 12.1. The summed E-state index contributed by atoms with van der Waals surface area (Å²) < 4.78 is 0.762. The summed E-state index contributed by atoms with van der Waals surface area (Å²) in [4.78, 5) is 12.4. The van der Waals surface area contributed by atoms with Crippen LogP contribution in [-0.2, 0) is 0 Å². The Morgan fingerprint density at radius 2 is 2.12 bits per heavy atom. The van der Waals surface area contributed by atoms with E-state index in [9.17, 15) is 0 Å². The van der Waals surface area contributed by atoms with Crippen molar-refractivity contribution in [1.82, 2.24) is 15.0 Å². The number of halogens is 1. The van der Waals surface area contributed by atoms with Crippen LogP contribution in [0.1, 0.15) is 18.7 Å². The van der Waals surface area contributed by atoms with Gasteiger partial charge in [-0.1, -0.05) is 6.07 Å². The Morgan fingerprint density at radius 3 is 2.81 bits per heavy atom. The molecule has 4 nitrogen and oxygen atoms in total. The van der Waals surface area contributed by atoms with E-state index in [-0.39, 0.29) is 6.04 Å². The maximum Gasteiger partial charge on any atom is 0.131 e. The Kier molecular flexibility index (Phi) is 3.46. The number of nitrogens with zero attached hydrogens (tertiary/aromatic N) is 3. The zero-order chi connectivity index (χ0) is 11.4. The van der Waals surface area contributed by atoms with Crippen LogP contribution < -0.4 is 5.32 Å². The first-order chi connectivity index (χ1) is 7.75. The average Bonchev–Trinajstić information content (AvgIpc) is 2.30. The number of rotatable bonds is 3. The molecule has 2 heterocycles. The molecule has 1 atom stereocenters. The second-order valence-corrected chi connectivity index (χ2v) is 4.16. The summed E-state index contributed by atoms with van der Waals surface area (Å²) in [6.45, 7) is 2.04. The van der Waals surface area contributed by atoms with Crippen molar-refractivity contribution in [3.8, 4) is 0 Å².